The van der Waals surface area contributed by atoms with E-state index in [0.717, 1.165) is 47.1 Å². The summed E-state index contributed by atoms with van der Waals surface area (Å²) in [4.78, 5) is 89.7. The zero-order chi connectivity index (χ0) is 52.1. The molecule has 3 heterocycles. The minimum Gasteiger partial charge on any atom is -0.347 e. The quantitative estimate of drug-likeness (QED) is 0.0855. The van der Waals surface area contributed by atoms with Gasteiger partial charge in [0.05, 0.1) is 24.2 Å². The first-order valence-electron chi connectivity index (χ1n) is 25.3. The number of hydrogen-bond donors (Lipinski definition) is 7. The maximum atomic E-state index is 15.1. The highest BCUT2D eigenvalue weighted by Crippen LogP contribution is 2.38. The van der Waals surface area contributed by atoms with E-state index in [0.29, 0.717) is 6.42 Å². The molecule has 4 aromatic rings. The summed E-state index contributed by atoms with van der Waals surface area (Å²) in [5.41, 5.74) is 4.32. The van der Waals surface area contributed by atoms with Gasteiger partial charge in [-0.1, -0.05) is 120 Å². The number of nitrogens with one attached hydrogen (secondary N) is 7. The number of hydrogen-bond acceptors (Lipinski definition) is 11. The lowest BCUT2D eigenvalue weighted by Gasteiger charge is -2.42. The Hall–Kier alpha value is -6.53. The van der Waals surface area contributed by atoms with Gasteiger partial charge < -0.3 is 41.7 Å². The predicted molar refractivity (Wildman–Crippen MR) is 273 cm³/mol. The fraction of sp³-hybridized carbons (Fsp3) is 0.537. The molecule has 0 spiro atoms. The first kappa shape index (κ1) is 53.3. The largest absolute Gasteiger partial charge is 0.347 e. The van der Waals surface area contributed by atoms with Crippen LogP contribution in [0.2, 0.25) is 0 Å². The zero-order valence-corrected chi connectivity index (χ0v) is 43.5. The highest BCUT2D eigenvalue weighted by molar-refractivity contribution is 5.95. The van der Waals surface area contributed by atoms with E-state index < -0.39 is 64.9 Å². The molecule has 18 nitrogen and oxygen atoms in total. The lowest BCUT2D eigenvalue weighted by atomic mass is 9.83. The number of tetrazole rings is 1. The van der Waals surface area contributed by atoms with Crippen LogP contribution in [-0.2, 0) is 54.6 Å². The van der Waals surface area contributed by atoms with Gasteiger partial charge in [-0.15, -0.1) is 10.2 Å². The van der Waals surface area contributed by atoms with Crippen molar-refractivity contribution in [2.75, 3.05) is 20.6 Å². The van der Waals surface area contributed by atoms with E-state index in [2.05, 4.69) is 64.7 Å². The van der Waals surface area contributed by atoms with Crippen molar-refractivity contribution in [3.05, 3.63) is 112 Å². The summed E-state index contributed by atoms with van der Waals surface area (Å²) in [5, 5.41) is 33.0. The third-order valence-electron chi connectivity index (χ3n) is 14.7. The second-order valence-electron chi connectivity index (χ2n) is 22.0. The Morgan fingerprint density at radius 3 is 1.96 bits per heavy atom. The molecule has 2 aliphatic heterocycles. The smallest absolute Gasteiger partial charge is 0.246 e. The van der Waals surface area contributed by atoms with Crippen molar-refractivity contribution in [3.63, 3.8) is 0 Å². The molecule has 1 aliphatic carbocycles. The van der Waals surface area contributed by atoms with Crippen molar-refractivity contribution in [1.82, 2.24) is 62.3 Å². The monoisotopic (exact) mass is 987 g/mol. The third kappa shape index (κ3) is 12.2. The molecule has 1 fully saturated rings. The van der Waals surface area contributed by atoms with Crippen molar-refractivity contribution in [2.24, 2.45) is 10.8 Å². The Morgan fingerprint density at radius 1 is 0.722 bits per heavy atom. The van der Waals surface area contributed by atoms with Gasteiger partial charge in [-0.05, 0) is 97.8 Å². The first-order chi connectivity index (χ1) is 34.2. The number of carbonyl (C=O) groups is 6. The molecule has 6 amide bonds. The van der Waals surface area contributed by atoms with E-state index in [1.54, 1.807) is 37.7 Å². The number of rotatable bonds is 16. The van der Waals surface area contributed by atoms with Gasteiger partial charge in [0.2, 0.25) is 35.4 Å². The Bertz CT molecular complexity index is 2580. The van der Waals surface area contributed by atoms with Gasteiger partial charge in [0.1, 0.15) is 24.2 Å². The summed E-state index contributed by atoms with van der Waals surface area (Å²) < 4.78 is 0. The summed E-state index contributed by atoms with van der Waals surface area (Å²) >= 11 is 0. The van der Waals surface area contributed by atoms with Crippen LogP contribution in [-0.4, -0.2) is 123 Å². The zero-order valence-electron chi connectivity index (χ0n) is 43.5. The number of aryl methyl sites for hydroxylation is 1. The number of benzene rings is 3. The van der Waals surface area contributed by atoms with Crippen molar-refractivity contribution in [1.29, 1.82) is 0 Å². The SMILES string of the molecule is CN[C@@H](C)C(=O)NC(C(=O)N1C[C@@H](c2ccc3c(c2)CN(C(=O)[C@@H](NC(=O)[C@H](C)NC)C(C)(C)C)[C@H](C(=O)N[C@@H]2CCCc4ccccc42)C3)C[C@H]1C(=O)N[C@@H](Cc1ccccc1)c1nn[nH]n1)C(C)(C)C. The predicted octanol–water partition coefficient (Wildman–Crippen LogP) is 3.71. The van der Waals surface area contributed by atoms with E-state index in [9.17, 15) is 19.2 Å². The molecule has 1 saturated heterocycles. The minimum absolute atomic E-state index is 0.0816. The van der Waals surface area contributed by atoms with Crippen LogP contribution in [0.15, 0.2) is 72.8 Å². The number of amides is 6. The normalized spacial score (nSPS) is 21.0. The number of aromatic amines is 1. The van der Waals surface area contributed by atoms with Crippen LogP contribution in [0.3, 0.4) is 0 Å². The van der Waals surface area contributed by atoms with Gasteiger partial charge in [-0.2, -0.15) is 5.21 Å². The molecule has 0 radical (unpaired) electrons. The summed E-state index contributed by atoms with van der Waals surface area (Å²) in [7, 11) is 3.35. The van der Waals surface area contributed by atoms with E-state index in [-0.39, 0.29) is 67.3 Å². The number of likely N-dealkylation sites (tertiary alicyclic amines) is 1. The summed E-state index contributed by atoms with van der Waals surface area (Å²) in [6.45, 7) is 15.0. The number of H-pyrrole nitrogens is 1. The Kier molecular flexibility index (Phi) is 16.6. The molecule has 1 unspecified atom stereocenters. The van der Waals surface area contributed by atoms with E-state index >= 15 is 9.59 Å². The van der Waals surface area contributed by atoms with Gasteiger partial charge >= 0.3 is 0 Å². The Labute approximate surface area is 423 Å². The standard InChI is InChI=1S/C54H74N12O6/c1-31(55-9)47(67)59-44(53(3,4)5)51(71)65-29-37-26-35(23-24-36(37)27-42(65)49(69)57-40-22-16-20-34-19-14-15-21-39(34)40)38-28-43(66(30-38)52(72)45(54(6,7)8)60-48(68)32(2)56-10)50(70)58-41(46-61-63-64-62-46)25-33-17-12-11-13-18-33/h11-15,17-19,21,23-24,26,31-32,38,40-45,55-56H,16,20,22,25,27-30H2,1-10H3,(H,57,69)(H,58,70)(H,59,67)(H,60,68)(H,61,62,63,64)/t31-,32-,38-,40+,41-,42-,43-,44+,45?/m0/s1. The van der Waals surface area contributed by atoms with Crippen molar-refractivity contribution >= 4 is 35.4 Å². The molecule has 18 heteroatoms. The lowest BCUT2D eigenvalue weighted by molar-refractivity contribution is -0.147. The molecule has 386 valence electrons. The van der Waals surface area contributed by atoms with Crippen LogP contribution in [0.5, 0.6) is 0 Å². The van der Waals surface area contributed by atoms with Gasteiger partial charge in [-0.3, -0.25) is 28.8 Å². The highest BCUT2D eigenvalue weighted by Gasteiger charge is 2.47. The summed E-state index contributed by atoms with van der Waals surface area (Å²) in [6, 6.07) is 18.0. The summed E-state index contributed by atoms with van der Waals surface area (Å²) in [6.07, 6.45) is 3.46. The van der Waals surface area contributed by atoms with Crippen LogP contribution < -0.4 is 31.9 Å². The molecule has 1 aromatic heterocycles. The van der Waals surface area contributed by atoms with E-state index in [1.165, 1.54) is 5.56 Å². The molecule has 3 aliphatic rings. The van der Waals surface area contributed by atoms with Crippen LogP contribution in [0.25, 0.3) is 0 Å². The molecule has 7 rings (SSSR count). The highest BCUT2D eigenvalue weighted by atomic mass is 16.2. The second kappa shape index (κ2) is 22.5. The number of fused-ring (bicyclic) bond motifs is 2. The second-order valence-corrected chi connectivity index (χ2v) is 22.0. The molecule has 9 atom stereocenters. The van der Waals surface area contributed by atoms with Crippen LogP contribution in [0.4, 0.5) is 0 Å². The molecule has 3 aromatic carbocycles. The number of aromatic nitrogens is 4. The van der Waals surface area contributed by atoms with Crippen LogP contribution in [0.1, 0.15) is 132 Å². The molecular formula is C54H74N12O6. The van der Waals surface area contributed by atoms with Gasteiger partial charge in [0, 0.05) is 31.8 Å². The summed E-state index contributed by atoms with van der Waals surface area (Å²) in [5.74, 6) is -2.19. The lowest BCUT2D eigenvalue weighted by Crippen LogP contribution is -2.62. The van der Waals surface area contributed by atoms with Gasteiger partial charge in [0.15, 0.2) is 5.82 Å². The molecule has 7 N–H and O–H groups in total. The van der Waals surface area contributed by atoms with Crippen molar-refractivity contribution in [2.45, 2.75) is 155 Å². The fourth-order valence-corrected chi connectivity index (χ4v) is 10.1. The van der Waals surface area contributed by atoms with Gasteiger partial charge in [0.25, 0.3) is 0 Å². The first-order valence-corrected chi connectivity index (χ1v) is 25.3. The molecule has 0 saturated carbocycles. The van der Waals surface area contributed by atoms with Crippen molar-refractivity contribution < 1.29 is 28.8 Å². The number of likely N-dealkylation sites (N-methyl/N-ethyl adjacent to an activating group) is 2. The number of nitrogens with zero attached hydrogens (tertiary/aromatic N) is 5. The molecular weight excluding hydrogens is 913 g/mol. The van der Waals surface area contributed by atoms with Gasteiger partial charge in [-0.25, -0.2) is 0 Å². The van der Waals surface area contributed by atoms with Crippen molar-refractivity contribution in [3.8, 4) is 0 Å². The molecule has 72 heavy (non-hydrogen) atoms. The van der Waals surface area contributed by atoms with Crippen LogP contribution >= 0.6 is 0 Å². The Balaban J connectivity index is 1.23. The fourth-order valence-electron chi connectivity index (χ4n) is 10.1. The molecule has 0 bridgehead atoms. The average molecular weight is 987 g/mol. The average Bonchev–Trinajstić information content (AvgIpc) is 4.07. The number of carbonyl (C=O) groups excluding carboxylic acids is 6. The van der Waals surface area contributed by atoms with Crippen LogP contribution in [0, 0.1) is 10.8 Å². The maximum absolute atomic E-state index is 15.1. The minimum atomic E-state index is -0.979. The third-order valence-corrected chi connectivity index (χ3v) is 14.7. The topological polar surface area (TPSA) is 236 Å². The Morgan fingerprint density at radius 2 is 1.35 bits per heavy atom. The van der Waals surface area contributed by atoms with E-state index in [1.807, 2.05) is 102 Å². The maximum Gasteiger partial charge on any atom is 0.246 e. The van der Waals surface area contributed by atoms with E-state index in [4.69, 9.17) is 0 Å².